The van der Waals surface area contributed by atoms with Gasteiger partial charge in [-0.25, -0.2) is 0 Å². The molecule has 1 aliphatic rings. The largest absolute Gasteiger partial charge is 0.371 e. The van der Waals surface area contributed by atoms with Crippen LogP contribution in [0.5, 0.6) is 0 Å². The van der Waals surface area contributed by atoms with Gasteiger partial charge in [-0.2, -0.15) is 0 Å². The van der Waals surface area contributed by atoms with Gasteiger partial charge in [-0.05, 0) is 25.2 Å². The van der Waals surface area contributed by atoms with Crippen LogP contribution in [-0.2, 0) is 9.53 Å². The third-order valence-corrected chi connectivity index (χ3v) is 2.05. The van der Waals surface area contributed by atoms with Gasteiger partial charge < -0.3 is 9.53 Å². The molecule has 1 fully saturated rings. The quantitative estimate of drug-likeness (QED) is 0.556. The Hall–Kier alpha value is -0.370. The standard InChI is InChI=1S/C8H14O2/c1-7-2-3-8(6-7)10-5-4-9/h4,7-8H,2-3,5-6H2,1H3. The fourth-order valence-electron chi connectivity index (χ4n) is 1.48. The Kier molecular flexibility index (Phi) is 2.87. The van der Waals surface area contributed by atoms with Crippen molar-refractivity contribution in [3.63, 3.8) is 0 Å². The molecule has 10 heavy (non-hydrogen) atoms. The van der Waals surface area contributed by atoms with Crippen molar-refractivity contribution in [2.24, 2.45) is 5.92 Å². The van der Waals surface area contributed by atoms with Gasteiger partial charge >= 0.3 is 0 Å². The molecule has 0 saturated heterocycles. The summed E-state index contributed by atoms with van der Waals surface area (Å²) in [6, 6.07) is 0. The number of rotatable bonds is 3. The molecule has 0 amide bonds. The Labute approximate surface area is 61.6 Å². The lowest BCUT2D eigenvalue weighted by Crippen LogP contribution is -2.09. The monoisotopic (exact) mass is 142 g/mol. The molecule has 0 spiro atoms. The zero-order valence-corrected chi connectivity index (χ0v) is 6.38. The molecule has 0 aromatic rings. The summed E-state index contributed by atoms with van der Waals surface area (Å²) in [5.41, 5.74) is 0. The van der Waals surface area contributed by atoms with Crippen molar-refractivity contribution >= 4 is 6.29 Å². The topological polar surface area (TPSA) is 26.3 Å². The summed E-state index contributed by atoms with van der Waals surface area (Å²) in [4.78, 5) is 9.92. The number of carbonyl (C=O) groups is 1. The van der Waals surface area contributed by atoms with Gasteiger partial charge in [0.25, 0.3) is 0 Å². The number of ether oxygens (including phenoxy) is 1. The predicted octanol–water partition coefficient (Wildman–Crippen LogP) is 1.39. The molecule has 0 N–H and O–H groups in total. The first-order valence-electron chi connectivity index (χ1n) is 3.88. The lowest BCUT2D eigenvalue weighted by atomic mass is 10.1. The SMILES string of the molecule is CC1CCC(OCC=O)C1. The second kappa shape index (κ2) is 3.71. The number of aldehydes is 1. The molecule has 58 valence electrons. The summed E-state index contributed by atoms with van der Waals surface area (Å²) in [6.45, 7) is 2.50. The maximum absolute atomic E-state index is 9.92. The van der Waals surface area contributed by atoms with Gasteiger partial charge in [0.2, 0.25) is 0 Å². The van der Waals surface area contributed by atoms with E-state index < -0.39 is 0 Å². The molecule has 0 aliphatic heterocycles. The summed E-state index contributed by atoms with van der Waals surface area (Å²) in [5.74, 6) is 0.789. The third-order valence-electron chi connectivity index (χ3n) is 2.05. The minimum Gasteiger partial charge on any atom is -0.371 e. The van der Waals surface area contributed by atoms with Gasteiger partial charge in [0.05, 0.1) is 6.10 Å². The lowest BCUT2D eigenvalue weighted by molar-refractivity contribution is -0.113. The molecule has 0 radical (unpaired) electrons. The summed E-state index contributed by atoms with van der Waals surface area (Å²) < 4.78 is 5.25. The van der Waals surface area contributed by atoms with E-state index in [0.717, 1.165) is 25.0 Å². The predicted molar refractivity (Wildman–Crippen MR) is 38.8 cm³/mol. The number of hydrogen-bond donors (Lipinski definition) is 0. The van der Waals surface area contributed by atoms with Gasteiger partial charge in [-0.3, -0.25) is 0 Å². The Balaban J connectivity index is 2.12. The summed E-state index contributed by atoms with van der Waals surface area (Å²) in [6.07, 6.45) is 4.70. The van der Waals surface area contributed by atoms with Crippen LogP contribution < -0.4 is 0 Å². The van der Waals surface area contributed by atoms with Crippen LogP contribution in [0.25, 0.3) is 0 Å². The second-order valence-electron chi connectivity index (χ2n) is 3.04. The van der Waals surface area contributed by atoms with Gasteiger partial charge in [0, 0.05) is 0 Å². The van der Waals surface area contributed by atoms with Gasteiger partial charge in [0.1, 0.15) is 12.9 Å². The third kappa shape index (κ3) is 2.10. The van der Waals surface area contributed by atoms with E-state index in [4.69, 9.17) is 4.74 Å². The molecule has 2 heteroatoms. The van der Waals surface area contributed by atoms with Gasteiger partial charge in [-0.1, -0.05) is 6.92 Å². The molecule has 2 unspecified atom stereocenters. The van der Waals surface area contributed by atoms with Crippen molar-refractivity contribution in [3.8, 4) is 0 Å². The summed E-state index contributed by atoms with van der Waals surface area (Å²) in [7, 11) is 0. The number of hydrogen-bond acceptors (Lipinski definition) is 2. The minimum atomic E-state index is 0.275. The van der Waals surface area contributed by atoms with Crippen molar-refractivity contribution < 1.29 is 9.53 Å². The molecule has 2 nitrogen and oxygen atoms in total. The molecule has 0 heterocycles. The summed E-state index contributed by atoms with van der Waals surface area (Å²) in [5, 5.41) is 0. The molecule has 0 bridgehead atoms. The van der Waals surface area contributed by atoms with E-state index in [-0.39, 0.29) is 6.61 Å². The fraction of sp³-hybridized carbons (Fsp3) is 0.875. The molecular formula is C8H14O2. The van der Waals surface area contributed by atoms with Gasteiger partial charge in [0.15, 0.2) is 0 Å². The van der Waals surface area contributed by atoms with Crippen LogP contribution in [0.1, 0.15) is 26.2 Å². The Morgan fingerprint density at radius 3 is 2.90 bits per heavy atom. The van der Waals surface area contributed by atoms with Crippen molar-refractivity contribution in [3.05, 3.63) is 0 Å². The Morgan fingerprint density at radius 1 is 1.60 bits per heavy atom. The molecular weight excluding hydrogens is 128 g/mol. The van der Waals surface area contributed by atoms with Crippen LogP contribution in [0.4, 0.5) is 0 Å². The maximum Gasteiger partial charge on any atom is 0.145 e. The van der Waals surface area contributed by atoms with Crippen LogP contribution in [0.15, 0.2) is 0 Å². The zero-order chi connectivity index (χ0) is 7.40. The highest BCUT2D eigenvalue weighted by molar-refractivity contribution is 5.50. The molecule has 2 atom stereocenters. The van der Waals surface area contributed by atoms with Crippen LogP contribution >= 0.6 is 0 Å². The van der Waals surface area contributed by atoms with Crippen LogP contribution in [0, 0.1) is 5.92 Å². The second-order valence-corrected chi connectivity index (χ2v) is 3.04. The molecule has 1 aliphatic carbocycles. The van der Waals surface area contributed by atoms with E-state index in [1.807, 2.05) is 0 Å². The fourth-order valence-corrected chi connectivity index (χ4v) is 1.48. The van der Waals surface area contributed by atoms with Crippen molar-refractivity contribution in [2.75, 3.05) is 6.61 Å². The highest BCUT2D eigenvalue weighted by atomic mass is 16.5. The first-order chi connectivity index (χ1) is 4.83. The molecule has 1 saturated carbocycles. The molecule has 0 aromatic heterocycles. The van der Waals surface area contributed by atoms with E-state index in [2.05, 4.69) is 6.92 Å². The first-order valence-corrected chi connectivity index (χ1v) is 3.88. The van der Waals surface area contributed by atoms with E-state index in [9.17, 15) is 4.79 Å². The van der Waals surface area contributed by atoms with Crippen LogP contribution in [0.2, 0.25) is 0 Å². The average molecular weight is 142 g/mol. The van der Waals surface area contributed by atoms with Crippen molar-refractivity contribution in [1.29, 1.82) is 0 Å². The van der Waals surface area contributed by atoms with E-state index >= 15 is 0 Å². The highest BCUT2D eigenvalue weighted by Crippen LogP contribution is 2.26. The maximum atomic E-state index is 9.92. The average Bonchev–Trinajstić information content (AvgIpc) is 2.31. The lowest BCUT2D eigenvalue weighted by Gasteiger charge is -2.07. The molecule has 1 rings (SSSR count). The van der Waals surface area contributed by atoms with Gasteiger partial charge in [-0.15, -0.1) is 0 Å². The van der Waals surface area contributed by atoms with Crippen molar-refractivity contribution in [1.82, 2.24) is 0 Å². The highest BCUT2D eigenvalue weighted by Gasteiger charge is 2.21. The van der Waals surface area contributed by atoms with Crippen LogP contribution in [-0.4, -0.2) is 19.0 Å². The minimum absolute atomic E-state index is 0.275. The zero-order valence-electron chi connectivity index (χ0n) is 6.38. The molecule has 0 aromatic carbocycles. The Bertz CT molecular complexity index is 112. The number of carbonyl (C=O) groups excluding carboxylic acids is 1. The Morgan fingerprint density at radius 2 is 2.40 bits per heavy atom. The summed E-state index contributed by atoms with van der Waals surface area (Å²) >= 11 is 0. The van der Waals surface area contributed by atoms with Crippen molar-refractivity contribution in [2.45, 2.75) is 32.3 Å². The van der Waals surface area contributed by atoms with E-state index in [1.165, 1.54) is 6.42 Å². The normalized spacial score (nSPS) is 32.5. The van der Waals surface area contributed by atoms with Crippen LogP contribution in [0.3, 0.4) is 0 Å². The first kappa shape index (κ1) is 7.73. The van der Waals surface area contributed by atoms with E-state index in [0.29, 0.717) is 6.10 Å². The van der Waals surface area contributed by atoms with E-state index in [1.54, 1.807) is 0 Å². The smallest absolute Gasteiger partial charge is 0.145 e.